The lowest BCUT2D eigenvalue weighted by Crippen LogP contribution is -1.85. The van der Waals surface area contributed by atoms with Gasteiger partial charge < -0.3 is 4.57 Å². The van der Waals surface area contributed by atoms with E-state index in [1.807, 2.05) is 23.9 Å². The number of aryl methyl sites for hydroxylation is 1. The van der Waals surface area contributed by atoms with Crippen molar-refractivity contribution in [1.82, 2.24) is 4.57 Å². The van der Waals surface area contributed by atoms with Crippen molar-refractivity contribution in [3.05, 3.63) is 35.2 Å². The average Bonchev–Trinajstić information content (AvgIpc) is 2.35. The number of aromatic nitrogens is 1. The van der Waals surface area contributed by atoms with Crippen molar-refractivity contribution in [2.45, 2.75) is 0 Å². The van der Waals surface area contributed by atoms with Crippen LogP contribution in [0.25, 0.3) is 10.9 Å². The maximum absolute atomic E-state index is 13.0. The van der Waals surface area contributed by atoms with Crippen molar-refractivity contribution in [3.63, 3.8) is 0 Å². The zero-order valence-electron chi connectivity index (χ0n) is 6.51. The Morgan fingerprint density at radius 3 is 2.92 bits per heavy atom. The molecule has 0 radical (unpaired) electrons. The fourth-order valence-electron chi connectivity index (χ4n) is 1.26. The third kappa shape index (κ3) is 0.994. The van der Waals surface area contributed by atoms with Gasteiger partial charge in [-0.15, -0.1) is 0 Å². The second kappa shape index (κ2) is 2.49. The molecule has 62 valence electrons. The standard InChI is InChI=1S/C9H7ClFN/c1-12-3-2-6-4-7(10)8(11)5-9(6)12/h2-5H,1H3. The van der Waals surface area contributed by atoms with E-state index in [4.69, 9.17) is 11.6 Å². The maximum atomic E-state index is 13.0. The lowest BCUT2D eigenvalue weighted by atomic mass is 10.2. The molecule has 0 spiro atoms. The van der Waals surface area contributed by atoms with Crippen molar-refractivity contribution < 1.29 is 4.39 Å². The third-order valence-electron chi connectivity index (χ3n) is 1.93. The van der Waals surface area contributed by atoms with E-state index >= 15 is 0 Å². The zero-order chi connectivity index (χ0) is 8.72. The van der Waals surface area contributed by atoms with Gasteiger partial charge in [-0.1, -0.05) is 11.6 Å². The van der Waals surface area contributed by atoms with E-state index in [2.05, 4.69) is 0 Å². The molecule has 3 heteroatoms. The fraction of sp³-hybridized carbons (Fsp3) is 0.111. The largest absolute Gasteiger partial charge is 0.350 e. The first-order valence-electron chi connectivity index (χ1n) is 3.58. The normalized spacial score (nSPS) is 10.9. The molecule has 2 rings (SSSR count). The molecule has 2 aromatic rings. The first kappa shape index (κ1) is 7.62. The van der Waals surface area contributed by atoms with E-state index in [0.29, 0.717) is 0 Å². The molecule has 0 amide bonds. The predicted molar refractivity (Wildman–Crippen MR) is 47.9 cm³/mol. The molecular weight excluding hydrogens is 177 g/mol. The molecule has 0 atom stereocenters. The molecular formula is C9H7ClFN. The van der Waals surface area contributed by atoms with Gasteiger partial charge in [-0.25, -0.2) is 4.39 Å². The van der Waals surface area contributed by atoms with E-state index in [-0.39, 0.29) is 10.8 Å². The van der Waals surface area contributed by atoms with Crippen LogP contribution in [0.1, 0.15) is 0 Å². The molecule has 0 unspecified atom stereocenters. The smallest absolute Gasteiger partial charge is 0.143 e. The van der Waals surface area contributed by atoms with Crippen molar-refractivity contribution in [3.8, 4) is 0 Å². The SMILES string of the molecule is Cn1ccc2cc(Cl)c(F)cc21. The molecule has 1 nitrogen and oxygen atoms in total. The van der Waals surface area contributed by atoms with Crippen LogP contribution in [0, 0.1) is 5.82 Å². The lowest BCUT2D eigenvalue weighted by Gasteiger charge is -1.97. The Labute approximate surface area is 74.4 Å². The van der Waals surface area contributed by atoms with Crippen LogP contribution in [-0.4, -0.2) is 4.57 Å². The first-order chi connectivity index (χ1) is 5.68. The van der Waals surface area contributed by atoms with E-state index < -0.39 is 0 Å². The van der Waals surface area contributed by atoms with Gasteiger partial charge in [-0.2, -0.15) is 0 Å². The molecule has 0 saturated heterocycles. The van der Waals surface area contributed by atoms with Crippen LogP contribution >= 0.6 is 11.6 Å². The van der Waals surface area contributed by atoms with Gasteiger partial charge in [0.2, 0.25) is 0 Å². The molecule has 1 heterocycles. The van der Waals surface area contributed by atoms with Crippen LogP contribution in [0.4, 0.5) is 4.39 Å². The molecule has 0 saturated carbocycles. The fourth-order valence-corrected chi connectivity index (χ4v) is 1.44. The van der Waals surface area contributed by atoms with Gasteiger partial charge in [0, 0.05) is 18.6 Å². The number of hydrogen-bond donors (Lipinski definition) is 0. The Morgan fingerprint density at radius 1 is 1.42 bits per heavy atom. The Kier molecular flexibility index (Phi) is 1.58. The Balaban J connectivity index is 2.87. The van der Waals surface area contributed by atoms with Crippen molar-refractivity contribution in [1.29, 1.82) is 0 Å². The van der Waals surface area contributed by atoms with Crippen LogP contribution in [0.3, 0.4) is 0 Å². The lowest BCUT2D eigenvalue weighted by molar-refractivity contribution is 0.629. The summed E-state index contributed by atoms with van der Waals surface area (Å²) in [6.07, 6.45) is 1.88. The van der Waals surface area contributed by atoms with Gasteiger partial charge in [0.25, 0.3) is 0 Å². The molecule has 0 bridgehead atoms. The summed E-state index contributed by atoms with van der Waals surface area (Å²) in [6.45, 7) is 0. The number of nitrogens with zero attached hydrogens (tertiary/aromatic N) is 1. The minimum atomic E-state index is -0.369. The predicted octanol–water partition coefficient (Wildman–Crippen LogP) is 2.97. The molecule has 0 aliphatic rings. The van der Waals surface area contributed by atoms with E-state index in [1.165, 1.54) is 6.07 Å². The minimum Gasteiger partial charge on any atom is -0.350 e. The van der Waals surface area contributed by atoms with Gasteiger partial charge in [-0.05, 0) is 18.2 Å². The first-order valence-corrected chi connectivity index (χ1v) is 3.96. The van der Waals surface area contributed by atoms with E-state index in [9.17, 15) is 4.39 Å². The number of benzene rings is 1. The monoisotopic (exact) mass is 183 g/mol. The molecule has 0 N–H and O–H groups in total. The highest BCUT2D eigenvalue weighted by atomic mass is 35.5. The number of fused-ring (bicyclic) bond motifs is 1. The summed E-state index contributed by atoms with van der Waals surface area (Å²) in [5.41, 5.74) is 0.858. The van der Waals surface area contributed by atoms with Crippen LogP contribution in [0.15, 0.2) is 24.4 Å². The topological polar surface area (TPSA) is 4.93 Å². The summed E-state index contributed by atoms with van der Waals surface area (Å²) < 4.78 is 14.8. The molecule has 0 aliphatic carbocycles. The van der Waals surface area contributed by atoms with Gasteiger partial charge in [-0.3, -0.25) is 0 Å². The van der Waals surface area contributed by atoms with Crippen molar-refractivity contribution in [2.75, 3.05) is 0 Å². The highest BCUT2D eigenvalue weighted by Crippen LogP contribution is 2.22. The second-order valence-corrected chi connectivity index (χ2v) is 3.16. The van der Waals surface area contributed by atoms with Crippen molar-refractivity contribution in [2.24, 2.45) is 7.05 Å². The zero-order valence-corrected chi connectivity index (χ0v) is 7.27. The van der Waals surface area contributed by atoms with Crippen molar-refractivity contribution >= 4 is 22.5 Å². The summed E-state index contributed by atoms with van der Waals surface area (Å²) in [5.74, 6) is -0.369. The molecule has 1 aromatic heterocycles. The highest BCUT2D eigenvalue weighted by Gasteiger charge is 2.03. The summed E-state index contributed by atoms with van der Waals surface area (Å²) in [7, 11) is 1.87. The average molecular weight is 184 g/mol. The number of rotatable bonds is 0. The molecule has 0 aliphatic heterocycles. The Hall–Kier alpha value is -1.02. The van der Waals surface area contributed by atoms with Gasteiger partial charge in [0.05, 0.1) is 10.5 Å². The van der Waals surface area contributed by atoms with Gasteiger partial charge >= 0.3 is 0 Å². The number of hydrogen-bond acceptors (Lipinski definition) is 0. The maximum Gasteiger partial charge on any atom is 0.143 e. The summed E-state index contributed by atoms with van der Waals surface area (Å²) >= 11 is 5.61. The quantitative estimate of drug-likeness (QED) is 0.592. The molecule has 12 heavy (non-hydrogen) atoms. The van der Waals surface area contributed by atoms with Gasteiger partial charge in [0.1, 0.15) is 5.82 Å². The summed E-state index contributed by atoms with van der Waals surface area (Å²) in [6, 6.07) is 4.98. The van der Waals surface area contributed by atoms with Crippen LogP contribution in [0.5, 0.6) is 0 Å². The Bertz CT molecular complexity index is 433. The highest BCUT2D eigenvalue weighted by molar-refractivity contribution is 6.31. The van der Waals surface area contributed by atoms with E-state index in [1.54, 1.807) is 6.07 Å². The summed E-state index contributed by atoms with van der Waals surface area (Å²) in [5, 5.41) is 1.14. The summed E-state index contributed by atoms with van der Waals surface area (Å²) in [4.78, 5) is 0. The Morgan fingerprint density at radius 2 is 2.17 bits per heavy atom. The van der Waals surface area contributed by atoms with E-state index in [0.717, 1.165) is 10.9 Å². The third-order valence-corrected chi connectivity index (χ3v) is 2.22. The van der Waals surface area contributed by atoms with Gasteiger partial charge in [0.15, 0.2) is 0 Å². The number of halogens is 2. The molecule has 1 aromatic carbocycles. The minimum absolute atomic E-state index is 0.175. The second-order valence-electron chi connectivity index (χ2n) is 2.75. The van der Waals surface area contributed by atoms with Crippen LogP contribution < -0.4 is 0 Å². The molecule has 0 fully saturated rings. The van der Waals surface area contributed by atoms with Crippen LogP contribution in [-0.2, 0) is 7.05 Å². The van der Waals surface area contributed by atoms with Crippen LogP contribution in [0.2, 0.25) is 5.02 Å².